The summed E-state index contributed by atoms with van der Waals surface area (Å²) in [6, 6.07) is 7.22. The number of carbonyl (C=O) groups excluding carboxylic acids is 1. The number of carbonyl (C=O) groups is 2. The molecule has 1 saturated carbocycles. The second kappa shape index (κ2) is 5.80. The van der Waals surface area contributed by atoms with Crippen LogP contribution in [-0.4, -0.2) is 29.6 Å². The van der Waals surface area contributed by atoms with Gasteiger partial charge in [0.2, 0.25) is 5.91 Å². The maximum Gasteiger partial charge on any atom is 0.307 e. The van der Waals surface area contributed by atoms with Crippen LogP contribution in [0.25, 0.3) is 0 Å². The third-order valence-corrected chi connectivity index (χ3v) is 5.25. The molecule has 23 heavy (non-hydrogen) atoms. The first kappa shape index (κ1) is 16.3. The van der Waals surface area contributed by atoms with Gasteiger partial charge in [-0.3, -0.25) is 9.59 Å². The molecule has 1 saturated heterocycles. The lowest BCUT2D eigenvalue weighted by Crippen LogP contribution is -2.38. The van der Waals surface area contributed by atoms with Crippen LogP contribution in [0.2, 0.25) is 5.02 Å². The second-order valence-corrected chi connectivity index (χ2v) is 7.30. The molecule has 0 spiro atoms. The van der Waals surface area contributed by atoms with Gasteiger partial charge in [-0.05, 0) is 29.5 Å². The van der Waals surface area contributed by atoms with Gasteiger partial charge in [0, 0.05) is 11.6 Å². The molecule has 4 atom stereocenters. The molecule has 2 N–H and O–H groups in total. The molecule has 5 nitrogen and oxygen atoms in total. The lowest BCUT2D eigenvalue weighted by atomic mass is 10.0. The molecular weight excluding hydrogens is 318 g/mol. The predicted molar refractivity (Wildman–Crippen MR) is 85.1 cm³/mol. The Morgan fingerprint density at radius 3 is 2.48 bits per heavy atom. The molecule has 124 valence electrons. The van der Waals surface area contributed by atoms with Gasteiger partial charge in [0.15, 0.2) is 0 Å². The third kappa shape index (κ3) is 2.95. The molecule has 0 bridgehead atoms. The van der Waals surface area contributed by atoms with E-state index in [4.69, 9.17) is 16.3 Å². The number of benzene rings is 1. The highest BCUT2D eigenvalue weighted by molar-refractivity contribution is 6.30. The van der Waals surface area contributed by atoms with Gasteiger partial charge in [-0.2, -0.15) is 0 Å². The molecule has 3 rings (SSSR count). The summed E-state index contributed by atoms with van der Waals surface area (Å²) in [7, 11) is 0. The quantitative estimate of drug-likeness (QED) is 0.885. The lowest BCUT2D eigenvalue weighted by molar-refractivity contribution is -0.140. The first-order valence-electron chi connectivity index (χ1n) is 7.72. The summed E-state index contributed by atoms with van der Waals surface area (Å²) >= 11 is 5.90. The van der Waals surface area contributed by atoms with Crippen molar-refractivity contribution < 1.29 is 19.4 Å². The Morgan fingerprint density at radius 2 is 1.91 bits per heavy atom. The Hall–Kier alpha value is -1.59. The molecule has 1 aromatic carbocycles. The average Bonchev–Trinajstić information content (AvgIpc) is 2.82. The summed E-state index contributed by atoms with van der Waals surface area (Å²) in [6.45, 7) is 4.20. The second-order valence-electron chi connectivity index (χ2n) is 6.86. The molecule has 2 aliphatic rings. The molecule has 2 unspecified atom stereocenters. The van der Waals surface area contributed by atoms with Gasteiger partial charge < -0.3 is 15.2 Å². The van der Waals surface area contributed by atoms with Crippen LogP contribution in [0.1, 0.15) is 31.9 Å². The Bertz CT molecular complexity index is 628. The minimum atomic E-state index is -0.910. The van der Waals surface area contributed by atoms with Gasteiger partial charge >= 0.3 is 5.97 Å². The van der Waals surface area contributed by atoms with E-state index in [0.29, 0.717) is 18.1 Å². The number of aliphatic carboxylic acids is 1. The van der Waals surface area contributed by atoms with Crippen LogP contribution in [-0.2, 0) is 14.3 Å². The number of nitrogens with one attached hydrogen (secondary N) is 1. The number of rotatable bonds is 4. The Kier molecular flexibility index (Phi) is 4.10. The van der Waals surface area contributed by atoms with E-state index in [0.717, 1.165) is 5.56 Å². The van der Waals surface area contributed by atoms with E-state index in [9.17, 15) is 14.7 Å². The monoisotopic (exact) mass is 337 g/mol. The fraction of sp³-hybridized carbons (Fsp3) is 0.529. The number of carboxylic acids is 1. The molecule has 2 fully saturated rings. The Labute approximate surface area is 140 Å². The number of hydrogen-bond donors (Lipinski definition) is 2. The van der Waals surface area contributed by atoms with E-state index < -0.39 is 23.2 Å². The fourth-order valence-electron chi connectivity index (χ4n) is 3.58. The van der Waals surface area contributed by atoms with Gasteiger partial charge in [-0.15, -0.1) is 0 Å². The van der Waals surface area contributed by atoms with Crippen molar-refractivity contribution in [2.75, 3.05) is 6.61 Å². The van der Waals surface area contributed by atoms with Crippen LogP contribution in [0.4, 0.5) is 0 Å². The minimum Gasteiger partial charge on any atom is -0.481 e. The van der Waals surface area contributed by atoms with Crippen molar-refractivity contribution in [1.29, 1.82) is 0 Å². The number of ether oxygens (including phenoxy) is 1. The molecule has 1 aliphatic heterocycles. The van der Waals surface area contributed by atoms with Crippen molar-refractivity contribution in [3.8, 4) is 0 Å². The van der Waals surface area contributed by atoms with Crippen molar-refractivity contribution in [2.45, 2.75) is 32.4 Å². The number of hydrogen-bond acceptors (Lipinski definition) is 3. The van der Waals surface area contributed by atoms with E-state index in [2.05, 4.69) is 5.32 Å². The maximum atomic E-state index is 12.5. The summed E-state index contributed by atoms with van der Waals surface area (Å²) in [5.74, 6) is -2.20. The van der Waals surface area contributed by atoms with Gasteiger partial charge in [0.05, 0.1) is 17.9 Å². The highest BCUT2D eigenvalue weighted by atomic mass is 35.5. The zero-order valence-corrected chi connectivity index (χ0v) is 13.8. The van der Waals surface area contributed by atoms with Gasteiger partial charge in [-0.25, -0.2) is 0 Å². The minimum absolute atomic E-state index is 0.144. The maximum absolute atomic E-state index is 12.5. The zero-order valence-electron chi connectivity index (χ0n) is 13.1. The molecule has 1 aliphatic carbocycles. The number of halogens is 1. The van der Waals surface area contributed by atoms with Crippen molar-refractivity contribution >= 4 is 23.5 Å². The first-order chi connectivity index (χ1) is 10.8. The van der Waals surface area contributed by atoms with E-state index in [-0.39, 0.29) is 18.1 Å². The molecule has 1 aromatic rings. The smallest absolute Gasteiger partial charge is 0.307 e. The number of amides is 1. The largest absolute Gasteiger partial charge is 0.481 e. The van der Waals surface area contributed by atoms with Gasteiger partial charge in [-0.1, -0.05) is 37.6 Å². The van der Waals surface area contributed by atoms with Crippen LogP contribution in [0, 0.1) is 17.3 Å². The summed E-state index contributed by atoms with van der Waals surface area (Å²) in [5, 5.41) is 12.8. The fourth-order valence-corrected chi connectivity index (χ4v) is 3.70. The normalized spacial score (nSPS) is 31.6. The van der Waals surface area contributed by atoms with Crippen molar-refractivity contribution in [2.24, 2.45) is 17.3 Å². The SMILES string of the molecule is CC1(C)[C@H](C(=O)O)[C@@H]1C(=O)NC1CCOC1c1ccc(Cl)cc1. The highest BCUT2D eigenvalue weighted by Gasteiger charge is 2.66. The van der Waals surface area contributed by atoms with Crippen LogP contribution in [0.15, 0.2) is 24.3 Å². The van der Waals surface area contributed by atoms with Crippen molar-refractivity contribution in [1.82, 2.24) is 5.32 Å². The zero-order chi connectivity index (χ0) is 16.8. The third-order valence-electron chi connectivity index (χ3n) is 4.99. The van der Waals surface area contributed by atoms with Crippen molar-refractivity contribution in [3.05, 3.63) is 34.9 Å². The van der Waals surface area contributed by atoms with Crippen LogP contribution < -0.4 is 5.32 Å². The van der Waals surface area contributed by atoms with E-state index in [1.54, 1.807) is 12.1 Å². The van der Waals surface area contributed by atoms with E-state index in [1.807, 2.05) is 26.0 Å². The predicted octanol–water partition coefficient (Wildman–Crippen LogP) is 2.64. The topological polar surface area (TPSA) is 75.6 Å². The van der Waals surface area contributed by atoms with Crippen LogP contribution in [0.5, 0.6) is 0 Å². The standard InChI is InChI=1S/C17H20ClNO4/c1-17(2)12(13(17)16(21)22)15(20)19-11-7-8-23-14(11)9-3-5-10(18)6-4-9/h3-6,11-14H,7-8H2,1-2H3,(H,19,20)(H,21,22)/t11?,12-,13+,14?/m1/s1. The van der Waals surface area contributed by atoms with E-state index in [1.165, 1.54) is 0 Å². The van der Waals surface area contributed by atoms with Gasteiger partial charge in [0.25, 0.3) is 0 Å². The van der Waals surface area contributed by atoms with Crippen molar-refractivity contribution in [3.63, 3.8) is 0 Å². The van der Waals surface area contributed by atoms with Crippen LogP contribution in [0.3, 0.4) is 0 Å². The molecule has 6 heteroatoms. The summed E-state index contributed by atoms with van der Waals surface area (Å²) in [5.41, 5.74) is 0.465. The summed E-state index contributed by atoms with van der Waals surface area (Å²) < 4.78 is 5.74. The molecule has 1 heterocycles. The molecule has 0 radical (unpaired) electrons. The first-order valence-corrected chi connectivity index (χ1v) is 8.10. The lowest BCUT2D eigenvalue weighted by Gasteiger charge is -2.20. The number of carboxylic acid groups (broad SMARTS) is 1. The van der Waals surface area contributed by atoms with Crippen LogP contribution >= 0.6 is 11.6 Å². The van der Waals surface area contributed by atoms with E-state index >= 15 is 0 Å². The molecule has 0 aromatic heterocycles. The highest BCUT2D eigenvalue weighted by Crippen LogP contribution is 2.58. The summed E-state index contributed by atoms with van der Waals surface area (Å²) in [6.07, 6.45) is 0.491. The average molecular weight is 338 g/mol. The Morgan fingerprint density at radius 1 is 1.26 bits per heavy atom. The Balaban J connectivity index is 1.69. The molecular formula is C17H20ClNO4. The molecule has 1 amide bonds. The van der Waals surface area contributed by atoms with Gasteiger partial charge in [0.1, 0.15) is 6.10 Å². The summed E-state index contributed by atoms with van der Waals surface area (Å²) in [4.78, 5) is 23.7.